The molecule has 0 spiro atoms. The molecule has 0 bridgehead atoms. The van der Waals surface area contributed by atoms with Crippen molar-refractivity contribution >= 4 is 11.6 Å². The number of rotatable bonds is 3. The molecule has 3 rings (SSSR count). The van der Waals surface area contributed by atoms with Gasteiger partial charge in [0, 0.05) is 11.8 Å². The number of amides is 1. The first kappa shape index (κ1) is 21.3. The Morgan fingerprint density at radius 2 is 1.50 bits per heavy atom. The van der Waals surface area contributed by atoms with Crippen molar-refractivity contribution in [1.82, 2.24) is 4.98 Å². The van der Waals surface area contributed by atoms with E-state index in [1.165, 1.54) is 30.3 Å². The number of nitrogens with zero attached hydrogens (tertiary/aromatic N) is 1. The van der Waals surface area contributed by atoms with Gasteiger partial charge < -0.3 is 5.32 Å². The first-order chi connectivity index (χ1) is 14.0. The number of aromatic nitrogens is 1. The van der Waals surface area contributed by atoms with E-state index >= 15 is 0 Å². The maximum atomic E-state index is 14.3. The summed E-state index contributed by atoms with van der Waals surface area (Å²) in [7, 11) is 0. The highest BCUT2D eigenvalue weighted by Gasteiger charge is 2.35. The fourth-order valence-electron chi connectivity index (χ4n) is 2.71. The molecule has 0 saturated carbocycles. The van der Waals surface area contributed by atoms with Gasteiger partial charge >= 0.3 is 12.4 Å². The second-order valence-electron chi connectivity index (χ2n) is 6.10. The number of pyridine rings is 1. The van der Waals surface area contributed by atoms with Gasteiger partial charge in [-0.3, -0.25) is 9.78 Å². The number of alkyl halides is 6. The van der Waals surface area contributed by atoms with Crippen molar-refractivity contribution in [2.75, 3.05) is 5.32 Å². The Morgan fingerprint density at radius 1 is 0.867 bits per heavy atom. The quantitative estimate of drug-likeness (QED) is 0.507. The summed E-state index contributed by atoms with van der Waals surface area (Å²) >= 11 is 0. The number of hydrogen-bond acceptors (Lipinski definition) is 2. The Morgan fingerprint density at radius 3 is 2.13 bits per heavy atom. The number of nitrogens with one attached hydrogen (secondary N) is 1. The van der Waals surface area contributed by atoms with Crippen LogP contribution in [0.15, 0.2) is 60.8 Å². The number of carbonyl (C=O) groups excluding carboxylic acids is 1. The number of benzene rings is 2. The molecule has 0 atom stereocenters. The molecule has 1 N–H and O–H groups in total. The van der Waals surface area contributed by atoms with E-state index in [1.54, 1.807) is 0 Å². The van der Waals surface area contributed by atoms with Crippen LogP contribution in [0.1, 0.15) is 21.5 Å². The summed E-state index contributed by atoms with van der Waals surface area (Å²) in [4.78, 5) is 15.9. The van der Waals surface area contributed by atoms with Crippen LogP contribution >= 0.6 is 0 Å². The SMILES string of the molecule is O=C(Nc1ccccc1-c1ncc(C(F)(F)F)cc1F)c1ccccc1C(F)(F)F. The van der Waals surface area contributed by atoms with Gasteiger partial charge in [-0.25, -0.2) is 4.39 Å². The average Bonchev–Trinajstić information content (AvgIpc) is 2.67. The normalized spacial score (nSPS) is 12.0. The van der Waals surface area contributed by atoms with Gasteiger partial charge in [0.1, 0.15) is 11.5 Å². The highest BCUT2D eigenvalue weighted by Crippen LogP contribution is 2.35. The van der Waals surface area contributed by atoms with E-state index < -0.39 is 46.5 Å². The van der Waals surface area contributed by atoms with Crippen molar-refractivity contribution in [3.63, 3.8) is 0 Å². The topological polar surface area (TPSA) is 42.0 Å². The van der Waals surface area contributed by atoms with Crippen LogP contribution in [0.4, 0.5) is 36.4 Å². The third-order valence-corrected chi connectivity index (χ3v) is 4.08. The van der Waals surface area contributed by atoms with Gasteiger partial charge in [0.2, 0.25) is 0 Å². The van der Waals surface area contributed by atoms with Crippen molar-refractivity contribution in [2.45, 2.75) is 12.4 Å². The maximum Gasteiger partial charge on any atom is 0.417 e. The molecule has 0 aliphatic heterocycles. The van der Waals surface area contributed by atoms with E-state index in [0.717, 1.165) is 18.2 Å². The smallest absolute Gasteiger partial charge is 0.321 e. The lowest BCUT2D eigenvalue weighted by molar-refractivity contribution is -0.138. The molecule has 2 aromatic carbocycles. The lowest BCUT2D eigenvalue weighted by Crippen LogP contribution is -2.19. The van der Waals surface area contributed by atoms with Gasteiger partial charge in [-0.2, -0.15) is 26.3 Å². The molecule has 3 nitrogen and oxygen atoms in total. The predicted molar refractivity (Wildman–Crippen MR) is 94.0 cm³/mol. The van der Waals surface area contributed by atoms with Crippen LogP contribution in [0.5, 0.6) is 0 Å². The Labute approximate surface area is 165 Å². The highest BCUT2D eigenvalue weighted by atomic mass is 19.4. The van der Waals surface area contributed by atoms with Gasteiger partial charge in [0.15, 0.2) is 0 Å². The van der Waals surface area contributed by atoms with Gasteiger partial charge in [-0.1, -0.05) is 30.3 Å². The minimum atomic E-state index is -4.80. The van der Waals surface area contributed by atoms with Crippen molar-refractivity contribution in [2.24, 2.45) is 0 Å². The molecule has 0 aliphatic rings. The number of anilines is 1. The molecular weight excluding hydrogens is 417 g/mol. The molecule has 1 heterocycles. The standard InChI is InChI=1S/C20H11F7N2O/c21-15-9-11(19(22,23)24)10-28-17(15)13-6-2-4-8-16(13)29-18(30)12-5-1-3-7-14(12)20(25,26)27/h1-10H,(H,29,30). The number of halogens is 7. The van der Waals surface area contributed by atoms with E-state index in [9.17, 15) is 35.5 Å². The molecule has 0 fully saturated rings. The predicted octanol–water partition coefficient (Wildman–Crippen LogP) is 6.18. The minimum absolute atomic E-state index is 0.0958. The first-order valence-electron chi connectivity index (χ1n) is 8.28. The zero-order valence-corrected chi connectivity index (χ0v) is 14.8. The number of carbonyl (C=O) groups is 1. The van der Waals surface area contributed by atoms with Crippen LogP contribution < -0.4 is 5.32 Å². The molecule has 30 heavy (non-hydrogen) atoms. The van der Waals surface area contributed by atoms with E-state index in [-0.39, 0.29) is 17.3 Å². The fourth-order valence-corrected chi connectivity index (χ4v) is 2.71. The van der Waals surface area contributed by atoms with Crippen LogP contribution in [0.25, 0.3) is 11.3 Å². The fraction of sp³-hybridized carbons (Fsp3) is 0.100. The third-order valence-electron chi connectivity index (χ3n) is 4.08. The van der Waals surface area contributed by atoms with Crippen molar-refractivity contribution in [1.29, 1.82) is 0 Å². The maximum absolute atomic E-state index is 14.3. The minimum Gasteiger partial charge on any atom is -0.321 e. The van der Waals surface area contributed by atoms with Crippen LogP contribution in [0, 0.1) is 5.82 Å². The first-order valence-corrected chi connectivity index (χ1v) is 8.28. The summed E-state index contributed by atoms with van der Waals surface area (Å²) in [5.74, 6) is -2.43. The van der Waals surface area contributed by atoms with E-state index in [0.29, 0.717) is 6.20 Å². The highest BCUT2D eigenvalue weighted by molar-refractivity contribution is 6.07. The van der Waals surface area contributed by atoms with E-state index in [1.807, 2.05) is 0 Å². The van der Waals surface area contributed by atoms with Gasteiger partial charge in [0.25, 0.3) is 5.91 Å². The Bertz CT molecular complexity index is 1090. The third kappa shape index (κ3) is 4.42. The van der Waals surface area contributed by atoms with Crippen LogP contribution in [0.3, 0.4) is 0 Å². The zero-order valence-electron chi connectivity index (χ0n) is 14.8. The average molecular weight is 428 g/mol. The Kier molecular flexibility index (Phi) is 5.51. The number of hydrogen-bond donors (Lipinski definition) is 1. The summed E-state index contributed by atoms with van der Waals surface area (Å²) in [5, 5.41) is 2.24. The molecule has 1 amide bonds. The lowest BCUT2D eigenvalue weighted by Gasteiger charge is -2.15. The molecule has 0 saturated heterocycles. The zero-order chi connectivity index (χ0) is 22.1. The summed E-state index contributed by atoms with van der Waals surface area (Å²) < 4.78 is 91.9. The van der Waals surface area contributed by atoms with E-state index in [4.69, 9.17) is 0 Å². The van der Waals surface area contributed by atoms with E-state index in [2.05, 4.69) is 10.3 Å². The molecular formula is C20H11F7N2O. The van der Waals surface area contributed by atoms with Crippen LogP contribution in [-0.4, -0.2) is 10.9 Å². The van der Waals surface area contributed by atoms with Gasteiger partial charge in [-0.15, -0.1) is 0 Å². The monoisotopic (exact) mass is 428 g/mol. The number of para-hydroxylation sites is 1. The molecule has 0 aliphatic carbocycles. The molecule has 0 radical (unpaired) electrons. The summed E-state index contributed by atoms with van der Waals surface area (Å²) in [6.45, 7) is 0. The molecule has 0 unspecified atom stereocenters. The van der Waals surface area contributed by atoms with Crippen molar-refractivity contribution in [3.8, 4) is 11.3 Å². The van der Waals surface area contributed by atoms with Crippen LogP contribution in [-0.2, 0) is 12.4 Å². The Balaban J connectivity index is 1.99. The second kappa shape index (κ2) is 7.77. The van der Waals surface area contributed by atoms with Gasteiger partial charge in [-0.05, 0) is 24.3 Å². The van der Waals surface area contributed by atoms with Gasteiger partial charge in [0.05, 0.1) is 22.4 Å². The Hall–Kier alpha value is -3.43. The molecule has 1 aromatic heterocycles. The molecule has 3 aromatic rings. The summed E-state index contributed by atoms with van der Waals surface area (Å²) in [6, 6.07) is 9.67. The second-order valence-corrected chi connectivity index (χ2v) is 6.10. The molecule has 156 valence electrons. The molecule has 10 heteroatoms. The van der Waals surface area contributed by atoms with Crippen molar-refractivity contribution < 1.29 is 35.5 Å². The van der Waals surface area contributed by atoms with Crippen molar-refractivity contribution in [3.05, 3.63) is 83.3 Å². The lowest BCUT2D eigenvalue weighted by atomic mass is 10.0. The van der Waals surface area contributed by atoms with Crippen LogP contribution in [0.2, 0.25) is 0 Å². The summed E-state index contributed by atoms with van der Waals surface area (Å²) in [5.41, 5.74) is -3.85. The largest absolute Gasteiger partial charge is 0.417 e. The summed E-state index contributed by atoms with van der Waals surface area (Å²) in [6.07, 6.45) is -9.16.